The third-order valence-electron chi connectivity index (χ3n) is 2.74. The molecule has 0 spiro atoms. The quantitative estimate of drug-likeness (QED) is 0.461. The first-order valence-electron chi connectivity index (χ1n) is 6.24. The lowest BCUT2D eigenvalue weighted by atomic mass is 10.4. The van der Waals surface area contributed by atoms with Crippen molar-refractivity contribution in [2.45, 2.75) is 59.3 Å². The minimum Gasteiger partial charge on any atom is -0.102 e. The average Bonchev–Trinajstić information content (AvgIpc) is 2.21. The van der Waals surface area contributed by atoms with Crippen LogP contribution in [0.1, 0.15) is 59.3 Å². The van der Waals surface area contributed by atoms with E-state index in [0.29, 0.717) is 0 Å². The summed E-state index contributed by atoms with van der Waals surface area (Å²) in [7, 11) is 0. The molecule has 0 rings (SSSR count). The third kappa shape index (κ3) is 7.07. The summed E-state index contributed by atoms with van der Waals surface area (Å²) in [5.74, 6) is 0. The molecule has 0 aromatic carbocycles. The van der Waals surface area contributed by atoms with Crippen molar-refractivity contribution >= 4 is 17.9 Å². The Hall–Kier alpha value is 0.720. The van der Waals surface area contributed by atoms with Gasteiger partial charge in [-0.05, 0) is 44.4 Å². The van der Waals surface area contributed by atoms with Crippen molar-refractivity contribution in [2.75, 3.05) is 18.5 Å². The van der Waals surface area contributed by atoms with Crippen LogP contribution in [0.5, 0.6) is 0 Å². The molecule has 87 valence electrons. The highest BCUT2D eigenvalue weighted by Gasteiger charge is 2.22. The maximum absolute atomic E-state index is 6.79. The molecule has 0 unspecified atom stereocenters. The lowest BCUT2D eigenvalue weighted by Crippen LogP contribution is -2.02. The largest absolute Gasteiger partial charge is 0.102 e. The van der Waals surface area contributed by atoms with E-state index in [1.807, 2.05) is 0 Å². The van der Waals surface area contributed by atoms with Gasteiger partial charge in [0, 0.05) is 0 Å². The van der Waals surface area contributed by atoms with Crippen molar-refractivity contribution in [3.8, 4) is 0 Å². The highest BCUT2D eigenvalue weighted by Crippen LogP contribution is 2.65. The van der Waals surface area contributed by atoms with Crippen molar-refractivity contribution in [2.24, 2.45) is 0 Å². The van der Waals surface area contributed by atoms with Crippen LogP contribution in [0.15, 0.2) is 0 Å². The molecule has 14 heavy (non-hydrogen) atoms. The molecule has 0 aromatic heterocycles. The molecule has 0 saturated heterocycles. The Morgan fingerprint density at radius 3 is 1.21 bits per heavy atom. The molecule has 0 nitrogen and oxygen atoms in total. The molecule has 0 aromatic rings. The van der Waals surface area contributed by atoms with Gasteiger partial charge in [-0.2, -0.15) is 0 Å². The van der Waals surface area contributed by atoms with Gasteiger partial charge in [0.1, 0.15) is 0 Å². The molecule has 0 aliphatic rings. The molecule has 0 fully saturated rings. The van der Waals surface area contributed by atoms with Gasteiger partial charge < -0.3 is 0 Å². The Kier molecular flexibility index (Phi) is 9.45. The maximum Gasteiger partial charge on any atom is -0.0230 e. The van der Waals surface area contributed by atoms with E-state index in [1.54, 1.807) is 0 Å². The number of halogens is 1. The highest BCUT2D eigenvalue weighted by atomic mass is 35.7. The standard InChI is InChI=1S/C12H27ClP/c1-4-7-10-14(13,11-8-5-2)12-9-6-3/h4-12H2,1-3H3. The normalized spacial score (nSPS) is 12.0. The first-order chi connectivity index (χ1) is 6.68. The van der Waals surface area contributed by atoms with Crippen molar-refractivity contribution in [1.82, 2.24) is 0 Å². The molecule has 0 bridgehead atoms. The molecular formula is C12H27ClP. The molecule has 0 aliphatic heterocycles. The van der Waals surface area contributed by atoms with E-state index >= 15 is 0 Å². The zero-order chi connectivity index (χ0) is 10.9. The molecule has 0 aliphatic carbocycles. The molecule has 2 heteroatoms. The number of hydrogen-bond acceptors (Lipinski definition) is 0. The summed E-state index contributed by atoms with van der Waals surface area (Å²) in [6, 6.07) is 0. The molecule has 0 heterocycles. The van der Waals surface area contributed by atoms with Crippen LogP contribution in [0.2, 0.25) is 0 Å². The van der Waals surface area contributed by atoms with Crippen molar-refractivity contribution in [1.29, 1.82) is 0 Å². The highest BCUT2D eigenvalue weighted by molar-refractivity contribution is 7.99. The molecule has 1 radical (unpaired) electrons. The van der Waals surface area contributed by atoms with Gasteiger partial charge in [0.25, 0.3) is 0 Å². The fourth-order valence-electron chi connectivity index (χ4n) is 1.66. The minimum atomic E-state index is -1.05. The lowest BCUT2D eigenvalue weighted by Gasteiger charge is -2.29. The Balaban J connectivity index is 3.89. The van der Waals surface area contributed by atoms with E-state index in [-0.39, 0.29) is 0 Å². The number of rotatable bonds is 9. The zero-order valence-corrected chi connectivity index (χ0v) is 11.8. The summed E-state index contributed by atoms with van der Waals surface area (Å²) in [6.45, 7) is 5.75. The first-order valence-corrected chi connectivity index (χ1v) is 9.49. The maximum atomic E-state index is 6.79. The molecule has 0 amide bonds. The summed E-state index contributed by atoms with van der Waals surface area (Å²) in [4.78, 5) is 0. The van der Waals surface area contributed by atoms with Gasteiger partial charge in [0.2, 0.25) is 0 Å². The predicted octanol–water partition coefficient (Wildman–Crippen LogP) is 5.56. The smallest absolute Gasteiger partial charge is 0.0230 e. The van der Waals surface area contributed by atoms with Crippen LogP contribution in [-0.4, -0.2) is 18.5 Å². The SMILES string of the molecule is CCCC[P](Cl)(CCCC)CCCC. The van der Waals surface area contributed by atoms with Crippen LogP contribution in [0.3, 0.4) is 0 Å². The van der Waals surface area contributed by atoms with E-state index in [1.165, 1.54) is 57.0 Å². The van der Waals surface area contributed by atoms with Crippen LogP contribution in [0.25, 0.3) is 0 Å². The van der Waals surface area contributed by atoms with Gasteiger partial charge in [-0.3, -0.25) is 0 Å². The Morgan fingerprint density at radius 1 is 0.714 bits per heavy atom. The zero-order valence-electron chi connectivity index (χ0n) is 10.2. The second-order valence-electron chi connectivity index (χ2n) is 4.26. The number of hydrogen-bond donors (Lipinski definition) is 0. The minimum absolute atomic E-state index is 1.05. The van der Waals surface area contributed by atoms with Crippen molar-refractivity contribution in [3.63, 3.8) is 0 Å². The van der Waals surface area contributed by atoms with Gasteiger partial charge in [-0.15, -0.1) is 11.2 Å². The molecule has 0 N–H and O–H groups in total. The van der Waals surface area contributed by atoms with Crippen molar-refractivity contribution in [3.05, 3.63) is 0 Å². The van der Waals surface area contributed by atoms with Gasteiger partial charge >= 0.3 is 0 Å². The lowest BCUT2D eigenvalue weighted by molar-refractivity contribution is 0.844. The van der Waals surface area contributed by atoms with Gasteiger partial charge in [0.05, 0.1) is 0 Å². The second kappa shape index (κ2) is 8.98. The Morgan fingerprint density at radius 2 is 1.00 bits per heavy atom. The van der Waals surface area contributed by atoms with E-state index in [9.17, 15) is 0 Å². The molecular weight excluding hydrogens is 211 g/mol. The molecule has 0 atom stereocenters. The van der Waals surface area contributed by atoms with E-state index in [4.69, 9.17) is 11.2 Å². The van der Waals surface area contributed by atoms with E-state index < -0.39 is 6.62 Å². The second-order valence-corrected chi connectivity index (χ2v) is 9.81. The van der Waals surface area contributed by atoms with E-state index in [0.717, 1.165) is 0 Å². The topological polar surface area (TPSA) is 0 Å². The third-order valence-corrected chi connectivity index (χ3v) is 7.61. The Labute approximate surface area is 95.9 Å². The summed E-state index contributed by atoms with van der Waals surface area (Å²) in [5.41, 5.74) is 0. The average molecular weight is 238 g/mol. The van der Waals surface area contributed by atoms with Crippen LogP contribution < -0.4 is 0 Å². The van der Waals surface area contributed by atoms with Crippen LogP contribution >= 0.6 is 17.9 Å². The first kappa shape index (κ1) is 14.7. The fraction of sp³-hybridized carbons (Fsp3) is 1.00. The predicted molar refractivity (Wildman–Crippen MR) is 72.1 cm³/mol. The summed E-state index contributed by atoms with van der Waals surface area (Å²) < 4.78 is 0. The van der Waals surface area contributed by atoms with E-state index in [2.05, 4.69) is 20.8 Å². The van der Waals surface area contributed by atoms with Gasteiger partial charge in [-0.25, -0.2) is 0 Å². The van der Waals surface area contributed by atoms with Crippen LogP contribution in [0.4, 0.5) is 0 Å². The summed E-state index contributed by atoms with van der Waals surface area (Å²) >= 11 is 6.79. The van der Waals surface area contributed by atoms with Crippen LogP contribution in [-0.2, 0) is 0 Å². The van der Waals surface area contributed by atoms with Gasteiger partial charge in [0.15, 0.2) is 0 Å². The fourth-order valence-corrected chi connectivity index (χ4v) is 6.06. The van der Waals surface area contributed by atoms with Crippen LogP contribution in [0, 0.1) is 0 Å². The molecule has 0 saturated carbocycles. The summed E-state index contributed by atoms with van der Waals surface area (Å²) in [6.07, 6.45) is 11.9. The van der Waals surface area contributed by atoms with Gasteiger partial charge in [-0.1, -0.05) is 40.0 Å². The van der Waals surface area contributed by atoms with Crippen molar-refractivity contribution < 1.29 is 0 Å². The Bertz CT molecular complexity index is 104. The summed E-state index contributed by atoms with van der Waals surface area (Å²) in [5, 5.41) is 0. The monoisotopic (exact) mass is 237 g/mol. The number of unbranched alkanes of at least 4 members (excludes halogenated alkanes) is 3.